The third-order valence-electron chi connectivity index (χ3n) is 4.01. The minimum absolute atomic E-state index is 0.00605. The normalized spacial score (nSPS) is 16.2. The fourth-order valence-corrected chi connectivity index (χ4v) is 2.93. The molecule has 1 aliphatic rings. The topological polar surface area (TPSA) is 98.5 Å². The van der Waals surface area contributed by atoms with E-state index in [1.54, 1.807) is 32.2 Å². The van der Waals surface area contributed by atoms with Crippen LogP contribution in [-0.4, -0.2) is 7.11 Å². The molecule has 0 radical (unpaired) electrons. The lowest BCUT2D eigenvalue weighted by Gasteiger charge is -2.25. The molecule has 0 amide bonds. The Morgan fingerprint density at radius 2 is 2.04 bits per heavy atom. The first-order chi connectivity index (χ1) is 11.5. The lowest BCUT2D eigenvalue weighted by atomic mass is 9.84. The molecular formula is C18H16N2O4. The minimum atomic E-state index is -0.639. The zero-order valence-corrected chi connectivity index (χ0v) is 13.5. The first kappa shape index (κ1) is 15.7. The molecule has 2 heterocycles. The number of methoxy groups -OCH3 is 1. The predicted molar refractivity (Wildman–Crippen MR) is 86.7 cm³/mol. The van der Waals surface area contributed by atoms with Crippen molar-refractivity contribution in [2.45, 2.75) is 19.8 Å². The van der Waals surface area contributed by atoms with Gasteiger partial charge in [-0.25, -0.2) is 4.79 Å². The summed E-state index contributed by atoms with van der Waals surface area (Å²) in [5.74, 6) is 0.807. The fourth-order valence-electron chi connectivity index (χ4n) is 2.93. The van der Waals surface area contributed by atoms with E-state index in [9.17, 15) is 10.1 Å². The van der Waals surface area contributed by atoms with Gasteiger partial charge in [0, 0.05) is 6.07 Å². The van der Waals surface area contributed by atoms with Gasteiger partial charge in [0.1, 0.15) is 28.9 Å². The summed E-state index contributed by atoms with van der Waals surface area (Å²) >= 11 is 0. The van der Waals surface area contributed by atoms with Crippen molar-refractivity contribution in [3.63, 3.8) is 0 Å². The molecule has 3 rings (SSSR count). The van der Waals surface area contributed by atoms with Gasteiger partial charge >= 0.3 is 5.63 Å². The maximum absolute atomic E-state index is 12.4. The number of rotatable bonds is 2. The number of benzene rings is 1. The van der Waals surface area contributed by atoms with Crippen LogP contribution in [0.5, 0.6) is 11.5 Å². The van der Waals surface area contributed by atoms with Gasteiger partial charge in [0.05, 0.1) is 18.6 Å². The van der Waals surface area contributed by atoms with Gasteiger partial charge in [-0.1, -0.05) is 12.1 Å². The third-order valence-corrected chi connectivity index (χ3v) is 4.01. The summed E-state index contributed by atoms with van der Waals surface area (Å²) in [4.78, 5) is 12.4. The molecule has 0 saturated heterocycles. The highest BCUT2D eigenvalue weighted by atomic mass is 16.5. The SMILES string of the molecule is COc1ccc(C2C(C#N)=C(N)Oc3cc(C)oc(=O)c32)cc1C. The average Bonchev–Trinajstić information content (AvgIpc) is 2.53. The fraction of sp³-hybridized carbons (Fsp3) is 0.222. The summed E-state index contributed by atoms with van der Waals surface area (Å²) in [6, 6.07) is 9.11. The van der Waals surface area contributed by atoms with E-state index < -0.39 is 11.5 Å². The van der Waals surface area contributed by atoms with Crippen molar-refractivity contribution in [3.8, 4) is 17.6 Å². The average molecular weight is 324 g/mol. The van der Waals surface area contributed by atoms with Crippen LogP contribution in [0.15, 0.2) is 44.9 Å². The Kier molecular flexibility index (Phi) is 3.78. The molecule has 1 atom stereocenters. The highest BCUT2D eigenvalue weighted by Gasteiger charge is 2.34. The molecule has 0 saturated carbocycles. The van der Waals surface area contributed by atoms with E-state index in [1.165, 1.54) is 0 Å². The zero-order valence-electron chi connectivity index (χ0n) is 13.5. The van der Waals surface area contributed by atoms with Crippen molar-refractivity contribution in [2.24, 2.45) is 5.73 Å². The number of ether oxygens (including phenoxy) is 2. The first-order valence-electron chi connectivity index (χ1n) is 7.33. The lowest BCUT2D eigenvalue weighted by molar-refractivity contribution is 0.371. The van der Waals surface area contributed by atoms with Crippen molar-refractivity contribution in [3.05, 3.63) is 68.6 Å². The molecule has 1 aliphatic heterocycles. The molecule has 6 nitrogen and oxygen atoms in total. The van der Waals surface area contributed by atoms with Gasteiger partial charge in [0.15, 0.2) is 0 Å². The van der Waals surface area contributed by atoms with Crippen LogP contribution in [0.1, 0.15) is 28.4 Å². The van der Waals surface area contributed by atoms with E-state index in [1.807, 2.05) is 13.0 Å². The predicted octanol–water partition coefficient (Wildman–Crippen LogP) is 2.48. The molecule has 1 aromatic heterocycles. The number of hydrogen-bond donors (Lipinski definition) is 1. The number of aryl methyl sites for hydroxylation is 2. The summed E-state index contributed by atoms with van der Waals surface area (Å²) in [6.07, 6.45) is 0. The van der Waals surface area contributed by atoms with Crippen LogP contribution in [-0.2, 0) is 0 Å². The zero-order chi connectivity index (χ0) is 17.4. The number of nitrogens with two attached hydrogens (primary N) is 1. The van der Waals surface area contributed by atoms with E-state index in [4.69, 9.17) is 19.6 Å². The summed E-state index contributed by atoms with van der Waals surface area (Å²) in [5, 5.41) is 9.51. The molecule has 0 spiro atoms. The van der Waals surface area contributed by atoms with E-state index in [-0.39, 0.29) is 17.0 Å². The van der Waals surface area contributed by atoms with E-state index >= 15 is 0 Å². The molecule has 1 aromatic carbocycles. The van der Waals surface area contributed by atoms with Crippen molar-refractivity contribution >= 4 is 0 Å². The molecule has 1 unspecified atom stereocenters. The third kappa shape index (κ3) is 2.40. The molecule has 2 N–H and O–H groups in total. The van der Waals surface area contributed by atoms with Crippen LogP contribution in [0, 0.1) is 25.2 Å². The highest BCUT2D eigenvalue weighted by molar-refractivity contribution is 5.55. The van der Waals surface area contributed by atoms with Crippen LogP contribution < -0.4 is 20.8 Å². The summed E-state index contributed by atoms with van der Waals surface area (Å²) in [5.41, 5.74) is 7.45. The molecule has 0 aliphatic carbocycles. The Morgan fingerprint density at radius 3 is 2.67 bits per heavy atom. The van der Waals surface area contributed by atoms with E-state index in [2.05, 4.69) is 6.07 Å². The summed E-state index contributed by atoms with van der Waals surface area (Å²) in [6.45, 7) is 3.54. The smallest absolute Gasteiger partial charge is 0.343 e. The second-order valence-electron chi connectivity index (χ2n) is 5.58. The van der Waals surface area contributed by atoms with Crippen molar-refractivity contribution < 1.29 is 13.9 Å². The molecule has 24 heavy (non-hydrogen) atoms. The van der Waals surface area contributed by atoms with Gasteiger partial charge in [0.25, 0.3) is 0 Å². The van der Waals surface area contributed by atoms with Crippen molar-refractivity contribution in [1.82, 2.24) is 0 Å². The van der Waals surface area contributed by atoms with E-state index in [0.717, 1.165) is 16.9 Å². The molecule has 6 heteroatoms. The summed E-state index contributed by atoms with van der Waals surface area (Å²) in [7, 11) is 1.59. The molecule has 2 aromatic rings. The Hall–Kier alpha value is -3.20. The van der Waals surface area contributed by atoms with Gasteiger partial charge < -0.3 is 19.6 Å². The second-order valence-corrected chi connectivity index (χ2v) is 5.58. The second kappa shape index (κ2) is 5.78. The number of allylic oxidation sites excluding steroid dienone is 1. The molecule has 0 bridgehead atoms. The van der Waals surface area contributed by atoms with Crippen molar-refractivity contribution in [2.75, 3.05) is 7.11 Å². The largest absolute Gasteiger partial charge is 0.496 e. The number of hydrogen-bond acceptors (Lipinski definition) is 6. The number of nitrogens with zero attached hydrogens (tertiary/aromatic N) is 1. The van der Waals surface area contributed by atoms with Gasteiger partial charge in [-0.2, -0.15) is 5.26 Å². The molecular weight excluding hydrogens is 308 g/mol. The first-order valence-corrected chi connectivity index (χ1v) is 7.33. The number of fused-ring (bicyclic) bond motifs is 1. The Labute approximate surface area is 138 Å². The quantitative estimate of drug-likeness (QED) is 0.911. The number of nitriles is 1. The standard InChI is InChI=1S/C18H16N2O4/c1-9-6-11(4-5-13(9)22-3)15-12(8-19)17(20)24-14-7-10(2)23-18(21)16(14)15/h4-7,15H,20H2,1-3H3. The Bertz CT molecular complexity index is 950. The Morgan fingerprint density at radius 1 is 1.29 bits per heavy atom. The molecule has 122 valence electrons. The Balaban J connectivity index is 2.28. The summed E-state index contributed by atoms with van der Waals surface area (Å²) < 4.78 is 15.9. The van der Waals surface area contributed by atoms with Crippen LogP contribution in [0.25, 0.3) is 0 Å². The highest BCUT2D eigenvalue weighted by Crippen LogP contribution is 2.41. The van der Waals surface area contributed by atoms with Gasteiger partial charge in [0.2, 0.25) is 5.88 Å². The van der Waals surface area contributed by atoms with Crippen molar-refractivity contribution in [1.29, 1.82) is 5.26 Å². The van der Waals surface area contributed by atoms with Gasteiger partial charge in [-0.05, 0) is 31.0 Å². The van der Waals surface area contributed by atoms with E-state index in [0.29, 0.717) is 11.5 Å². The maximum atomic E-state index is 12.4. The molecule has 0 fully saturated rings. The monoisotopic (exact) mass is 324 g/mol. The minimum Gasteiger partial charge on any atom is -0.496 e. The van der Waals surface area contributed by atoms with Gasteiger partial charge in [-0.15, -0.1) is 0 Å². The van der Waals surface area contributed by atoms with Gasteiger partial charge in [-0.3, -0.25) is 0 Å². The lowest BCUT2D eigenvalue weighted by Crippen LogP contribution is -2.26. The van der Waals surface area contributed by atoms with Crippen LogP contribution >= 0.6 is 0 Å². The van der Waals surface area contributed by atoms with Crippen LogP contribution in [0.4, 0.5) is 0 Å². The van der Waals surface area contributed by atoms with Crippen LogP contribution in [0.3, 0.4) is 0 Å². The van der Waals surface area contributed by atoms with Crippen LogP contribution in [0.2, 0.25) is 0 Å². The maximum Gasteiger partial charge on any atom is 0.343 e.